The van der Waals surface area contributed by atoms with Gasteiger partial charge >= 0.3 is 7.82 Å². The molecule has 0 aliphatic carbocycles. The van der Waals surface area contributed by atoms with Crippen molar-refractivity contribution in [2.24, 2.45) is 0 Å². The SMILES string of the molecule is O=P1(O)OC[C@H]2O[C@@H](n3cnc4c(N5CCCCC5)ncnc43)[C@H](O1)[C@@H]2O. The van der Waals surface area contributed by atoms with Crippen LogP contribution in [0.5, 0.6) is 0 Å². The molecule has 0 saturated carbocycles. The maximum Gasteiger partial charge on any atom is 0.472 e. The lowest BCUT2D eigenvalue weighted by atomic mass is 10.1. The van der Waals surface area contributed by atoms with Crippen molar-refractivity contribution >= 4 is 24.8 Å². The highest BCUT2D eigenvalue weighted by atomic mass is 31.2. The van der Waals surface area contributed by atoms with Gasteiger partial charge in [0.15, 0.2) is 23.2 Å². The Morgan fingerprint density at radius 3 is 2.81 bits per heavy atom. The third kappa shape index (κ3) is 2.95. The lowest BCUT2D eigenvalue weighted by molar-refractivity contribution is -0.0676. The Morgan fingerprint density at radius 1 is 1.19 bits per heavy atom. The zero-order valence-corrected chi connectivity index (χ0v) is 15.3. The highest BCUT2D eigenvalue weighted by Gasteiger charge is 2.52. The predicted octanol–water partition coefficient (Wildman–Crippen LogP) is 0.591. The number of hydrogen-bond donors (Lipinski definition) is 2. The molecule has 11 nitrogen and oxygen atoms in total. The minimum absolute atomic E-state index is 0.234. The molecule has 2 N–H and O–H groups in total. The maximum atomic E-state index is 11.9. The van der Waals surface area contributed by atoms with Crippen LogP contribution >= 0.6 is 7.82 Å². The van der Waals surface area contributed by atoms with Crippen LogP contribution in [-0.4, -0.2) is 67.5 Å². The minimum atomic E-state index is -4.26. The highest BCUT2D eigenvalue weighted by Crippen LogP contribution is 2.52. The molecule has 1 unspecified atom stereocenters. The van der Waals surface area contributed by atoms with E-state index in [0.29, 0.717) is 11.2 Å². The van der Waals surface area contributed by atoms with Crippen LogP contribution in [0.15, 0.2) is 12.7 Å². The second-order valence-corrected chi connectivity index (χ2v) is 8.37. The van der Waals surface area contributed by atoms with E-state index in [1.54, 1.807) is 4.57 Å². The molecule has 5 heterocycles. The summed E-state index contributed by atoms with van der Waals surface area (Å²) in [6.07, 6.45) is 2.63. The van der Waals surface area contributed by atoms with Gasteiger partial charge in [-0.05, 0) is 19.3 Å². The maximum absolute atomic E-state index is 11.9. The van der Waals surface area contributed by atoms with E-state index < -0.39 is 32.4 Å². The molecule has 3 aliphatic rings. The highest BCUT2D eigenvalue weighted by molar-refractivity contribution is 7.47. The van der Waals surface area contributed by atoms with Gasteiger partial charge in [0.1, 0.15) is 24.6 Å². The lowest BCUT2D eigenvalue weighted by Gasteiger charge is -2.27. The fourth-order valence-corrected chi connectivity index (χ4v) is 4.84. The molecule has 146 valence electrons. The average Bonchev–Trinajstić information content (AvgIpc) is 3.18. The molecule has 5 atom stereocenters. The monoisotopic (exact) mass is 397 g/mol. The standard InChI is InChI=1S/C15H20N5O6P/c21-11-9-6-24-27(22,23)26-12(11)15(25-9)20-8-18-10-13(16-7-17-14(10)20)19-4-2-1-3-5-19/h7-9,11-12,15,21H,1-6H2,(H,22,23)/t9-,11-,12-,15-/m1/s1. The Morgan fingerprint density at radius 2 is 2.00 bits per heavy atom. The van der Waals surface area contributed by atoms with Gasteiger partial charge in [0.2, 0.25) is 0 Å². The van der Waals surface area contributed by atoms with Crippen LogP contribution in [0.3, 0.4) is 0 Å². The van der Waals surface area contributed by atoms with Crippen LogP contribution in [0.1, 0.15) is 25.5 Å². The molecule has 2 aromatic rings. The quantitative estimate of drug-likeness (QED) is 0.694. The molecular formula is C15H20N5O6P. The smallest absolute Gasteiger partial charge is 0.387 e. The van der Waals surface area contributed by atoms with Crippen molar-refractivity contribution < 1.29 is 28.3 Å². The van der Waals surface area contributed by atoms with Gasteiger partial charge in [-0.3, -0.25) is 13.6 Å². The number of fused-ring (bicyclic) bond motifs is 3. The number of ether oxygens (including phenoxy) is 1. The van der Waals surface area contributed by atoms with Gasteiger partial charge < -0.3 is 19.6 Å². The predicted molar refractivity (Wildman–Crippen MR) is 92.0 cm³/mol. The number of nitrogens with zero attached hydrogens (tertiary/aromatic N) is 5. The average molecular weight is 397 g/mol. The molecule has 3 fully saturated rings. The number of hydrogen-bond acceptors (Lipinski definition) is 9. The largest absolute Gasteiger partial charge is 0.472 e. The fraction of sp³-hybridized carbons (Fsp3) is 0.667. The molecule has 0 spiro atoms. The van der Waals surface area contributed by atoms with Crippen molar-refractivity contribution in [1.29, 1.82) is 0 Å². The number of phosphoric ester groups is 1. The van der Waals surface area contributed by atoms with E-state index in [2.05, 4.69) is 19.9 Å². The Balaban J connectivity index is 1.53. The van der Waals surface area contributed by atoms with Gasteiger partial charge in [0.05, 0.1) is 12.9 Å². The molecule has 0 amide bonds. The van der Waals surface area contributed by atoms with E-state index in [-0.39, 0.29) is 6.61 Å². The summed E-state index contributed by atoms with van der Waals surface area (Å²) >= 11 is 0. The van der Waals surface area contributed by atoms with Gasteiger partial charge in [0, 0.05) is 13.1 Å². The van der Waals surface area contributed by atoms with Crippen LogP contribution in [0.25, 0.3) is 11.2 Å². The third-order valence-electron chi connectivity index (χ3n) is 5.24. The first kappa shape index (κ1) is 17.5. The van der Waals surface area contributed by atoms with Gasteiger partial charge in [-0.25, -0.2) is 19.5 Å². The summed E-state index contributed by atoms with van der Waals surface area (Å²) < 4.78 is 29.3. The molecular weight excluding hydrogens is 377 g/mol. The van der Waals surface area contributed by atoms with Gasteiger partial charge in [-0.2, -0.15) is 0 Å². The first-order valence-electron chi connectivity index (χ1n) is 8.95. The van der Waals surface area contributed by atoms with E-state index in [1.807, 2.05) is 0 Å². The van der Waals surface area contributed by atoms with E-state index in [4.69, 9.17) is 13.8 Å². The molecule has 0 aromatic carbocycles. The topological polar surface area (TPSA) is 132 Å². The van der Waals surface area contributed by atoms with Crippen molar-refractivity contribution in [2.45, 2.75) is 43.8 Å². The molecule has 2 bridgehead atoms. The van der Waals surface area contributed by atoms with Crippen LogP contribution in [0.2, 0.25) is 0 Å². The van der Waals surface area contributed by atoms with Crippen molar-refractivity contribution in [1.82, 2.24) is 19.5 Å². The normalized spacial score (nSPS) is 36.9. The summed E-state index contributed by atoms with van der Waals surface area (Å²) in [5, 5.41) is 10.4. The summed E-state index contributed by atoms with van der Waals surface area (Å²) in [6, 6.07) is 0. The number of imidazole rings is 1. The Bertz CT molecular complexity index is 902. The summed E-state index contributed by atoms with van der Waals surface area (Å²) in [7, 11) is -4.26. The van der Waals surface area contributed by atoms with Crippen molar-refractivity contribution in [3.05, 3.63) is 12.7 Å². The number of piperidine rings is 1. The first-order valence-corrected chi connectivity index (χ1v) is 10.4. The van der Waals surface area contributed by atoms with Crippen molar-refractivity contribution in [2.75, 3.05) is 24.6 Å². The zero-order valence-electron chi connectivity index (χ0n) is 14.4. The van der Waals surface area contributed by atoms with Crippen LogP contribution in [0, 0.1) is 0 Å². The molecule has 27 heavy (non-hydrogen) atoms. The summed E-state index contributed by atoms with van der Waals surface area (Å²) in [5.74, 6) is 0.759. The van der Waals surface area contributed by atoms with Crippen LogP contribution in [-0.2, 0) is 18.3 Å². The van der Waals surface area contributed by atoms with Gasteiger partial charge in [0.25, 0.3) is 0 Å². The first-order chi connectivity index (χ1) is 13.0. The number of phosphoric acid groups is 1. The summed E-state index contributed by atoms with van der Waals surface area (Å²) in [5.41, 5.74) is 1.14. The van der Waals surface area contributed by atoms with Gasteiger partial charge in [-0.1, -0.05) is 0 Å². The summed E-state index contributed by atoms with van der Waals surface area (Å²) in [4.78, 5) is 25.1. The second kappa shape index (κ2) is 6.47. The fourth-order valence-electron chi connectivity index (χ4n) is 3.91. The van der Waals surface area contributed by atoms with Gasteiger partial charge in [-0.15, -0.1) is 0 Å². The number of aliphatic hydroxyl groups excluding tert-OH is 1. The zero-order chi connectivity index (χ0) is 18.6. The third-order valence-corrected chi connectivity index (χ3v) is 6.22. The molecule has 2 aromatic heterocycles. The molecule has 5 rings (SSSR count). The molecule has 3 aliphatic heterocycles. The van der Waals surface area contributed by atoms with E-state index in [1.165, 1.54) is 19.1 Å². The number of rotatable bonds is 2. The molecule has 12 heteroatoms. The molecule has 0 radical (unpaired) electrons. The number of aliphatic hydroxyl groups is 1. The minimum Gasteiger partial charge on any atom is -0.387 e. The second-order valence-electron chi connectivity index (χ2n) is 6.96. The van der Waals surface area contributed by atoms with E-state index in [0.717, 1.165) is 31.7 Å². The number of anilines is 1. The Hall–Kier alpha value is -1.62. The lowest BCUT2D eigenvalue weighted by Crippen LogP contribution is -2.32. The van der Waals surface area contributed by atoms with Crippen LogP contribution < -0.4 is 4.90 Å². The van der Waals surface area contributed by atoms with Crippen molar-refractivity contribution in [3.8, 4) is 0 Å². The summed E-state index contributed by atoms with van der Waals surface area (Å²) in [6.45, 7) is 1.59. The Kier molecular flexibility index (Phi) is 4.19. The van der Waals surface area contributed by atoms with Crippen LogP contribution in [0.4, 0.5) is 5.82 Å². The van der Waals surface area contributed by atoms with E-state index in [9.17, 15) is 14.6 Å². The number of aromatic nitrogens is 4. The van der Waals surface area contributed by atoms with Crippen molar-refractivity contribution in [3.63, 3.8) is 0 Å². The Labute approximate surface area is 154 Å². The van der Waals surface area contributed by atoms with E-state index >= 15 is 0 Å². The molecule has 3 saturated heterocycles.